The molecule has 0 saturated carbocycles. The largest absolute Gasteiger partial charge is 0.391 e. The van der Waals surface area contributed by atoms with Gasteiger partial charge in [-0.25, -0.2) is 8.78 Å². The molecule has 32 nitrogen and oxygen atoms in total. The third kappa shape index (κ3) is 28.4. The fraction of sp³-hybridized carbons (Fsp3) is 0.575. The van der Waals surface area contributed by atoms with Crippen molar-refractivity contribution < 1.29 is 76.4 Å². The number of halogens is 2. The van der Waals surface area contributed by atoms with Crippen molar-refractivity contribution in [1.82, 2.24) is 85.5 Å². The van der Waals surface area contributed by atoms with Gasteiger partial charge in [-0.1, -0.05) is 149 Å². The molecule has 794 valence electrons. The molecule has 0 radical (unpaired) electrons. The van der Waals surface area contributed by atoms with Gasteiger partial charge >= 0.3 is 0 Å². The minimum atomic E-state index is -0.834. The van der Waals surface area contributed by atoms with E-state index in [1.54, 1.807) is 77.4 Å². The van der Waals surface area contributed by atoms with E-state index >= 15 is 8.78 Å². The zero-order valence-corrected chi connectivity index (χ0v) is 87.3. The van der Waals surface area contributed by atoms with Crippen LogP contribution in [0.15, 0.2) is 146 Å². The molecule has 18 atom stereocenters. The SMILES string of the molecule is CC[C@@H](C)C(=O)N[C@@H](CCOC)C(=O)N1C[C@@H](O)C[C@H]1CNc1cn(-n2cc(CC[C@@H]3C[C@H](O)CN3C(=O)[C@H](CCCOC)CC(=O)[C@H](C)NC)c3ccc(F)cc32)c2cc(F)ccc12.CC[C@@H](C)C(=O)N[C@H]1CCCC[C@H]2CC[C@@H](C(=O)N[C@@H](c3ccccc3)c3cn(CCCCc4ccc(CCCCn5cc([C@@H](CC(=O)[C@@H]6CC[C@@H]7CCCC[C@H](CC(=O)[C@H](C)NC)C(=O)N76)c6ccccc6)nn5)cc4)nn3)N2C1=O. The molecule has 8 N–H and O–H groups in total. The Morgan fingerprint density at radius 3 is 1.71 bits per heavy atom. The maximum absolute atomic E-state index is 15.1. The average Bonchev–Trinajstić information content (AvgIpc) is 1.59. The fourth-order valence-electron chi connectivity index (χ4n) is 22.2. The molecule has 7 amide bonds. The van der Waals surface area contributed by atoms with Crippen LogP contribution in [-0.4, -0.2) is 262 Å². The van der Waals surface area contributed by atoms with Crippen LogP contribution in [0.4, 0.5) is 14.5 Å². The molecule has 5 aromatic carbocycles. The number of carbonyl (C=O) groups excluding carboxylic acids is 10. The van der Waals surface area contributed by atoms with Gasteiger partial charge in [-0.05, 0) is 228 Å². The summed E-state index contributed by atoms with van der Waals surface area (Å²) in [6.45, 7) is 13.7. The highest BCUT2D eigenvalue weighted by Crippen LogP contribution is 2.41. The number of amides is 7. The Kier molecular flexibility index (Phi) is 40.2. The average molecular weight is 2030 g/mol. The number of aliphatic hydroxyl groups is 2. The number of methoxy groups -OCH3 is 2. The number of hydrogen-bond donors (Lipinski definition) is 8. The number of likely N-dealkylation sites (tertiary alicyclic amines) is 2. The maximum Gasteiger partial charge on any atom is 0.246 e. The number of β-amino-alcohol motifs (C(OH)–C–C–N with tert-alkyl or cyclic N) is 2. The predicted octanol–water partition coefficient (Wildman–Crippen LogP) is 13.4. The Morgan fingerprint density at radius 2 is 1.08 bits per heavy atom. The Morgan fingerprint density at radius 1 is 0.531 bits per heavy atom. The predicted molar refractivity (Wildman–Crippen MR) is 558 cm³/mol. The molecule has 4 aromatic heterocycles. The zero-order valence-electron chi connectivity index (χ0n) is 87.3. The summed E-state index contributed by atoms with van der Waals surface area (Å²) in [6, 6.07) is 33.0. The van der Waals surface area contributed by atoms with Crippen molar-refractivity contribution in [3.8, 4) is 0 Å². The van der Waals surface area contributed by atoms with E-state index in [9.17, 15) is 58.2 Å². The molecule has 34 heteroatoms. The second kappa shape index (κ2) is 53.4. The highest BCUT2D eigenvalue weighted by Gasteiger charge is 2.48. The fourth-order valence-corrected chi connectivity index (χ4v) is 22.2. The summed E-state index contributed by atoms with van der Waals surface area (Å²) in [4.78, 5) is 144. The number of hydrogen-bond acceptors (Lipinski definition) is 21. The van der Waals surface area contributed by atoms with Gasteiger partial charge in [0.25, 0.3) is 0 Å². The van der Waals surface area contributed by atoms with Crippen molar-refractivity contribution in [2.45, 2.75) is 332 Å². The number of aromatic nitrogens is 8. The van der Waals surface area contributed by atoms with Gasteiger partial charge < -0.3 is 71.2 Å². The molecule has 0 aliphatic carbocycles. The Labute approximate surface area is 862 Å². The molecule has 10 heterocycles. The van der Waals surface area contributed by atoms with Crippen LogP contribution >= 0.6 is 0 Å². The van der Waals surface area contributed by atoms with E-state index in [2.05, 4.69) is 76.8 Å². The number of nitrogens with zero attached hydrogens (tertiary/aromatic N) is 12. The minimum absolute atomic E-state index is 0.0302. The number of aliphatic hydroxyl groups excluding tert-OH is 2. The van der Waals surface area contributed by atoms with Crippen molar-refractivity contribution in [2.24, 2.45) is 23.7 Å². The van der Waals surface area contributed by atoms with E-state index in [4.69, 9.17) is 9.47 Å². The lowest BCUT2D eigenvalue weighted by atomic mass is 9.87. The number of ether oxygens (including phenoxy) is 2. The first-order valence-corrected chi connectivity index (χ1v) is 53.8. The van der Waals surface area contributed by atoms with Crippen molar-refractivity contribution in [3.05, 3.63) is 197 Å². The number of likely N-dealkylation sites (N-methyl/N-ethyl adjacent to an activating group) is 2. The molecule has 6 aliphatic rings. The molecule has 6 saturated heterocycles. The molecular formula is C113H154F2N18O14. The molecule has 9 aromatic rings. The number of fused-ring (bicyclic) bond motifs is 4. The first kappa shape index (κ1) is 111. The van der Waals surface area contributed by atoms with Crippen LogP contribution < -0.4 is 31.9 Å². The summed E-state index contributed by atoms with van der Waals surface area (Å²) < 4.78 is 47.9. The van der Waals surface area contributed by atoms with Gasteiger partial charge in [0.2, 0.25) is 41.4 Å². The Hall–Kier alpha value is -11.8. The summed E-state index contributed by atoms with van der Waals surface area (Å²) >= 11 is 0. The summed E-state index contributed by atoms with van der Waals surface area (Å²) in [6.07, 6.45) is 26.0. The normalized spacial score (nSPS) is 21.8. The van der Waals surface area contributed by atoms with E-state index < -0.39 is 78.0 Å². The first-order chi connectivity index (χ1) is 71.0. The van der Waals surface area contributed by atoms with Crippen molar-refractivity contribution in [3.63, 3.8) is 0 Å². The number of carbonyl (C=O) groups is 10. The number of nitrogens with one attached hydrogen (secondary N) is 6. The van der Waals surface area contributed by atoms with Crippen molar-refractivity contribution >= 4 is 86.2 Å². The quantitative estimate of drug-likeness (QED) is 0.0164. The highest BCUT2D eigenvalue weighted by atomic mass is 19.1. The van der Waals surface area contributed by atoms with Crippen LogP contribution in [0.5, 0.6) is 0 Å². The molecule has 15 rings (SSSR count). The van der Waals surface area contributed by atoms with Crippen LogP contribution in [0.3, 0.4) is 0 Å². The van der Waals surface area contributed by atoms with Crippen LogP contribution in [-0.2, 0) is 89.8 Å². The lowest BCUT2D eigenvalue weighted by molar-refractivity contribution is -0.145. The van der Waals surface area contributed by atoms with Gasteiger partial charge in [0.05, 0.1) is 77.2 Å². The molecule has 147 heavy (non-hydrogen) atoms. The van der Waals surface area contributed by atoms with E-state index in [0.29, 0.717) is 125 Å². The number of benzene rings is 5. The van der Waals surface area contributed by atoms with Crippen molar-refractivity contribution in [1.29, 1.82) is 0 Å². The lowest BCUT2D eigenvalue weighted by Gasteiger charge is -2.36. The number of Topliss-reactive ketones (excluding diaryl/α,β-unsaturated/α-hetero) is 3. The van der Waals surface area contributed by atoms with E-state index in [-0.39, 0.29) is 153 Å². The van der Waals surface area contributed by atoms with Gasteiger partial charge in [0, 0.05) is 162 Å². The smallest absolute Gasteiger partial charge is 0.246 e. The highest BCUT2D eigenvalue weighted by molar-refractivity contribution is 5.97. The van der Waals surface area contributed by atoms with E-state index in [1.165, 1.54) is 42.5 Å². The summed E-state index contributed by atoms with van der Waals surface area (Å²) in [5.74, 6) is -3.88. The van der Waals surface area contributed by atoms with Crippen LogP contribution in [0.25, 0.3) is 21.8 Å². The molecule has 6 aliphatic heterocycles. The van der Waals surface area contributed by atoms with E-state index in [1.807, 2.05) is 121 Å². The van der Waals surface area contributed by atoms with Gasteiger partial charge in [0.1, 0.15) is 47.0 Å². The molecule has 0 spiro atoms. The van der Waals surface area contributed by atoms with Crippen LogP contribution in [0.2, 0.25) is 0 Å². The minimum Gasteiger partial charge on any atom is -0.391 e. The lowest BCUT2D eigenvalue weighted by Crippen LogP contribution is -2.57. The second-order valence-corrected chi connectivity index (χ2v) is 41.7. The van der Waals surface area contributed by atoms with Gasteiger partial charge in [-0.15, -0.1) is 10.2 Å². The summed E-state index contributed by atoms with van der Waals surface area (Å²) in [5, 5.41) is 59.9. The summed E-state index contributed by atoms with van der Waals surface area (Å²) in [7, 11) is 6.59. The Balaban J connectivity index is 0.000000239. The summed E-state index contributed by atoms with van der Waals surface area (Å²) in [5.41, 5.74) is 8.32. The first-order valence-electron chi connectivity index (χ1n) is 53.8. The zero-order chi connectivity index (χ0) is 104. The molecule has 0 bridgehead atoms. The Bertz CT molecular complexity index is 5700. The standard InChI is InChI=1S/C65H87N11O6.C48H67F2N7O8/c1-5-44(2)62(79)67-54-29-15-14-28-52-35-37-58(76(52)65(54)82)63(80)68-61(49-24-10-7-11-25-49)56-43-74(72-70-56)39-19-17-21-47-32-30-46(31-33-47)20-16-18-38-73-42-55(69-71-73)53(48-22-8-6-9-23-48)41-60(78)57-36-34-51-27-13-12-26-50(64(81)75(51)57)40-59(77)45(3)66-4;1-7-29(2)46(61)53-41(16-18-65-6)48(63)55-27-38(59)23-36(55)24-52-42-28-57(44-21-34(50)12-15-40(42)44)56-25-32(39-14-11-33(49)20-43(39)56)10-13-35-22-37(58)26-54(35)47(62)31(9-8-17-64-5)19-45(60)30(3)51-4/h6-11,22-25,30-33,42-45,50-54,57-58,61,66H,5,12-21,26-29,34-41H2,1-4H3,(H,67,79)(H,68,80);11-12,14-15,20-21,25,28-31,35-38,41,51-52,58-59H,7-10,13,16-19,22-24,26-27H2,1-6H3,(H,53,61)/t44-,45+,50-,51+,52+,53+,54+,57+,58+,61+;29-,30+,31-,35-,36+,37+,38+,41+/m11/s1. The van der Waals surface area contributed by atoms with Gasteiger partial charge in [-0.3, -0.25) is 66.7 Å². The third-order valence-electron chi connectivity index (χ3n) is 31.6. The molecule has 6 fully saturated rings. The monoisotopic (exact) mass is 2030 g/mol. The number of aryl methyl sites for hydroxylation is 5. The number of anilines is 1. The molecular weight excluding hydrogens is 1870 g/mol. The van der Waals surface area contributed by atoms with E-state index in [0.717, 1.165) is 118 Å². The van der Waals surface area contributed by atoms with Gasteiger partial charge in [-0.2, -0.15) is 0 Å². The number of rotatable bonds is 49. The topological polar surface area (TPSA) is 386 Å². The van der Waals surface area contributed by atoms with Crippen LogP contribution in [0.1, 0.15) is 266 Å². The van der Waals surface area contributed by atoms with Crippen molar-refractivity contribution in [2.75, 3.05) is 66.5 Å². The number of unbranched alkanes of at least 4 members (excludes halogenated alkanes) is 2. The third-order valence-corrected chi connectivity index (χ3v) is 31.6. The second-order valence-electron chi connectivity index (χ2n) is 41.7. The molecule has 0 unspecified atom stereocenters. The number of ketones is 3. The maximum atomic E-state index is 15.1. The van der Waals surface area contributed by atoms with Crippen LogP contribution in [0, 0.1) is 35.3 Å². The van der Waals surface area contributed by atoms with Gasteiger partial charge in [0.15, 0.2) is 5.78 Å².